The van der Waals surface area contributed by atoms with E-state index in [1.807, 2.05) is 7.05 Å². The normalized spacial score (nSPS) is 26.4. The van der Waals surface area contributed by atoms with Crippen molar-refractivity contribution in [3.63, 3.8) is 0 Å². The number of fused-ring (bicyclic) bond motifs is 1. The third-order valence-corrected chi connectivity index (χ3v) is 3.13. The van der Waals surface area contributed by atoms with Crippen LogP contribution in [0.3, 0.4) is 0 Å². The monoisotopic (exact) mass is 178 g/mol. The third-order valence-electron chi connectivity index (χ3n) is 3.13. The molecule has 1 aromatic heterocycles. The summed E-state index contributed by atoms with van der Waals surface area (Å²) >= 11 is 0. The molecule has 2 nitrogen and oxygen atoms in total. The highest BCUT2D eigenvalue weighted by molar-refractivity contribution is 5.34. The van der Waals surface area contributed by atoms with Crippen molar-refractivity contribution in [2.45, 2.75) is 19.3 Å². The van der Waals surface area contributed by atoms with Gasteiger partial charge in [-0.2, -0.15) is 0 Å². The summed E-state index contributed by atoms with van der Waals surface area (Å²) in [4.78, 5) is 0. The van der Waals surface area contributed by atoms with Crippen molar-refractivity contribution in [2.24, 2.45) is 13.0 Å². The van der Waals surface area contributed by atoms with Gasteiger partial charge in [0.2, 0.25) is 0 Å². The molecule has 0 saturated carbocycles. The van der Waals surface area contributed by atoms with Gasteiger partial charge in [0.05, 0.1) is 0 Å². The molecule has 2 atom stereocenters. The van der Waals surface area contributed by atoms with Crippen molar-refractivity contribution in [3.8, 4) is 0 Å². The van der Waals surface area contributed by atoms with E-state index in [-0.39, 0.29) is 0 Å². The standard InChI is InChI=1S/C11H18N2/c1-8-4-9-6-13(3)7-11(9)10(8)5-12-2/h6-8,10,12H,4-5H2,1-3H3. The van der Waals surface area contributed by atoms with Crippen molar-refractivity contribution in [3.05, 3.63) is 23.5 Å². The molecule has 0 aliphatic heterocycles. The molecule has 0 amide bonds. The smallest absolute Gasteiger partial charge is 0.0106 e. The zero-order valence-corrected chi connectivity index (χ0v) is 8.67. The lowest BCUT2D eigenvalue weighted by atomic mass is 9.95. The molecule has 0 radical (unpaired) electrons. The molecule has 1 N–H and O–H groups in total. The van der Waals surface area contributed by atoms with Crippen LogP contribution in [0.2, 0.25) is 0 Å². The molecule has 1 aromatic rings. The molecule has 0 bridgehead atoms. The second kappa shape index (κ2) is 3.18. The summed E-state index contributed by atoms with van der Waals surface area (Å²) in [7, 11) is 4.15. The Labute approximate surface area is 79.9 Å². The highest BCUT2D eigenvalue weighted by atomic mass is 14.9. The summed E-state index contributed by atoms with van der Waals surface area (Å²) < 4.78 is 2.18. The lowest BCUT2D eigenvalue weighted by Gasteiger charge is -2.15. The number of nitrogens with one attached hydrogen (secondary N) is 1. The van der Waals surface area contributed by atoms with E-state index in [0.717, 1.165) is 18.4 Å². The maximum Gasteiger partial charge on any atom is 0.0106 e. The molecule has 1 heterocycles. The van der Waals surface area contributed by atoms with Crippen LogP contribution in [0, 0.1) is 5.92 Å². The van der Waals surface area contributed by atoms with E-state index in [1.54, 1.807) is 11.1 Å². The van der Waals surface area contributed by atoms with Gasteiger partial charge in [0, 0.05) is 31.9 Å². The number of aromatic nitrogens is 1. The minimum atomic E-state index is 0.723. The Balaban J connectivity index is 2.27. The zero-order valence-electron chi connectivity index (χ0n) is 8.67. The van der Waals surface area contributed by atoms with Gasteiger partial charge in [-0.25, -0.2) is 0 Å². The molecular weight excluding hydrogens is 160 g/mol. The first-order chi connectivity index (χ1) is 6.22. The molecule has 1 aliphatic rings. The minimum Gasteiger partial charge on any atom is -0.357 e. The SMILES string of the molecule is CNCC1c2cn(C)cc2CC1C. The average Bonchev–Trinajstić information content (AvgIpc) is 2.52. The van der Waals surface area contributed by atoms with Crippen LogP contribution >= 0.6 is 0 Å². The van der Waals surface area contributed by atoms with E-state index in [2.05, 4.69) is 36.2 Å². The van der Waals surface area contributed by atoms with Crippen molar-refractivity contribution < 1.29 is 0 Å². The number of rotatable bonds is 2. The fourth-order valence-corrected chi connectivity index (χ4v) is 2.49. The Morgan fingerprint density at radius 3 is 3.00 bits per heavy atom. The summed E-state index contributed by atoms with van der Waals surface area (Å²) in [6.45, 7) is 3.46. The molecular formula is C11H18N2. The van der Waals surface area contributed by atoms with E-state index >= 15 is 0 Å². The Bertz CT molecular complexity index is 301. The molecule has 0 saturated heterocycles. The predicted octanol–water partition coefficient (Wildman–Crippen LogP) is 1.52. The van der Waals surface area contributed by atoms with Crippen molar-refractivity contribution in [1.82, 2.24) is 9.88 Å². The van der Waals surface area contributed by atoms with Gasteiger partial charge in [-0.1, -0.05) is 6.92 Å². The van der Waals surface area contributed by atoms with Gasteiger partial charge >= 0.3 is 0 Å². The van der Waals surface area contributed by atoms with Crippen LogP contribution in [-0.4, -0.2) is 18.2 Å². The van der Waals surface area contributed by atoms with E-state index in [4.69, 9.17) is 0 Å². The van der Waals surface area contributed by atoms with E-state index in [0.29, 0.717) is 0 Å². The highest BCUT2D eigenvalue weighted by Crippen LogP contribution is 2.37. The number of nitrogens with zero attached hydrogens (tertiary/aromatic N) is 1. The maximum absolute atomic E-state index is 3.28. The lowest BCUT2D eigenvalue weighted by Crippen LogP contribution is -2.19. The van der Waals surface area contributed by atoms with Crippen LogP contribution in [0.1, 0.15) is 24.0 Å². The van der Waals surface area contributed by atoms with Gasteiger partial charge in [-0.05, 0) is 30.5 Å². The Morgan fingerprint density at radius 2 is 2.31 bits per heavy atom. The topological polar surface area (TPSA) is 17.0 Å². The zero-order chi connectivity index (χ0) is 9.42. The van der Waals surface area contributed by atoms with Crippen LogP contribution in [0.4, 0.5) is 0 Å². The van der Waals surface area contributed by atoms with Crippen LogP contribution in [0.5, 0.6) is 0 Å². The summed E-state index contributed by atoms with van der Waals surface area (Å²) in [5, 5.41) is 3.28. The first kappa shape index (κ1) is 8.82. The average molecular weight is 178 g/mol. The number of likely N-dealkylation sites (N-methyl/N-ethyl adjacent to an activating group) is 1. The van der Waals surface area contributed by atoms with Crippen LogP contribution in [0.15, 0.2) is 12.4 Å². The Kier molecular flexibility index (Phi) is 2.16. The van der Waals surface area contributed by atoms with Crippen LogP contribution < -0.4 is 5.32 Å². The predicted molar refractivity (Wildman–Crippen MR) is 54.9 cm³/mol. The Morgan fingerprint density at radius 1 is 1.54 bits per heavy atom. The second-order valence-electron chi connectivity index (χ2n) is 4.25. The van der Waals surface area contributed by atoms with Gasteiger partial charge in [0.1, 0.15) is 0 Å². The summed E-state index contributed by atoms with van der Waals surface area (Å²) in [5.41, 5.74) is 3.11. The molecule has 0 aromatic carbocycles. The summed E-state index contributed by atoms with van der Waals surface area (Å²) in [6.07, 6.45) is 5.80. The number of hydrogen-bond donors (Lipinski definition) is 1. The molecule has 72 valence electrons. The number of aryl methyl sites for hydroxylation is 1. The van der Waals surface area contributed by atoms with Crippen molar-refractivity contribution in [1.29, 1.82) is 0 Å². The molecule has 0 fully saturated rings. The summed E-state index contributed by atoms with van der Waals surface area (Å²) in [6, 6.07) is 0. The van der Waals surface area contributed by atoms with E-state index < -0.39 is 0 Å². The molecule has 2 rings (SSSR count). The summed E-state index contributed by atoms with van der Waals surface area (Å²) in [5.74, 6) is 1.53. The maximum atomic E-state index is 3.28. The fraction of sp³-hybridized carbons (Fsp3) is 0.636. The highest BCUT2D eigenvalue weighted by Gasteiger charge is 2.29. The first-order valence-corrected chi connectivity index (χ1v) is 5.01. The van der Waals surface area contributed by atoms with E-state index in [9.17, 15) is 0 Å². The molecule has 0 spiro atoms. The van der Waals surface area contributed by atoms with Gasteiger partial charge in [0.15, 0.2) is 0 Å². The Hall–Kier alpha value is -0.760. The van der Waals surface area contributed by atoms with Gasteiger partial charge in [-0.15, -0.1) is 0 Å². The van der Waals surface area contributed by atoms with Crippen molar-refractivity contribution >= 4 is 0 Å². The molecule has 2 heteroatoms. The van der Waals surface area contributed by atoms with Crippen molar-refractivity contribution in [2.75, 3.05) is 13.6 Å². The first-order valence-electron chi connectivity index (χ1n) is 5.01. The quantitative estimate of drug-likeness (QED) is 0.726. The van der Waals surface area contributed by atoms with Gasteiger partial charge < -0.3 is 9.88 Å². The fourth-order valence-electron chi connectivity index (χ4n) is 2.49. The van der Waals surface area contributed by atoms with Crippen LogP contribution in [-0.2, 0) is 13.5 Å². The molecule has 1 aliphatic carbocycles. The molecule has 13 heavy (non-hydrogen) atoms. The van der Waals surface area contributed by atoms with Gasteiger partial charge in [0.25, 0.3) is 0 Å². The number of hydrogen-bond acceptors (Lipinski definition) is 1. The van der Waals surface area contributed by atoms with E-state index in [1.165, 1.54) is 6.42 Å². The second-order valence-corrected chi connectivity index (χ2v) is 4.25. The van der Waals surface area contributed by atoms with Crippen LogP contribution in [0.25, 0.3) is 0 Å². The molecule has 2 unspecified atom stereocenters. The largest absolute Gasteiger partial charge is 0.357 e. The minimum absolute atomic E-state index is 0.723. The van der Waals surface area contributed by atoms with Gasteiger partial charge in [-0.3, -0.25) is 0 Å². The third kappa shape index (κ3) is 1.39. The lowest BCUT2D eigenvalue weighted by molar-refractivity contribution is 0.476.